The largest absolute Gasteiger partial charge is 0.369 e. The van der Waals surface area contributed by atoms with Gasteiger partial charge in [0.1, 0.15) is 0 Å². The molecule has 0 bridgehead atoms. The zero-order valence-electron chi connectivity index (χ0n) is 19.1. The number of unbranched alkanes of at least 4 members (excludes halogenated alkanes) is 3. The molecule has 0 aliphatic heterocycles. The monoisotopic (exact) mass is 524 g/mol. The number of rotatable bonds is 9. The molecule has 190 valence electrons. The second-order valence-corrected chi connectivity index (χ2v) is 8.02. The molecule has 0 spiro atoms. The topological polar surface area (TPSA) is 178 Å². The molecule has 2 aromatic rings. The van der Waals surface area contributed by atoms with Gasteiger partial charge in [0.2, 0.25) is 23.8 Å². The number of guanidine groups is 4. The molecule has 0 unspecified atom stereocenters. The number of anilines is 2. The summed E-state index contributed by atoms with van der Waals surface area (Å²) < 4.78 is 0. The first-order chi connectivity index (χ1) is 16.3. The fourth-order valence-electron chi connectivity index (χ4n) is 2.70. The van der Waals surface area contributed by atoms with Crippen molar-refractivity contribution in [2.45, 2.75) is 25.7 Å². The highest BCUT2D eigenvalue weighted by Gasteiger charge is 1.99. The van der Waals surface area contributed by atoms with Gasteiger partial charge in [0.25, 0.3) is 0 Å². The van der Waals surface area contributed by atoms with Crippen LogP contribution in [-0.2, 0) is 0 Å². The van der Waals surface area contributed by atoms with E-state index in [2.05, 4.69) is 30.6 Å². The third kappa shape index (κ3) is 13.0. The third-order valence-electron chi connectivity index (χ3n) is 4.32. The van der Waals surface area contributed by atoms with E-state index in [9.17, 15) is 0 Å². The van der Waals surface area contributed by atoms with Crippen LogP contribution < -0.4 is 33.6 Å². The normalized spacial score (nSPS) is 12.7. The molecular weight excluding hydrogens is 494 g/mol. The summed E-state index contributed by atoms with van der Waals surface area (Å²) in [5, 5.41) is 7.11. The van der Waals surface area contributed by atoms with Gasteiger partial charge < -0.3 is 33.6 Å². The van der Waals surface area contributed by atoms with Crippen LogP contribution in [-0.4, -0.2) is 36.9 Å². The standard InChI is InChI=1S/C22H30Cl2N10.FH/c23-15-5-9-17(10-6-15)31-21(27)33-19(25)29-13-3-1-2-4-14-30-20(26)34-22(28)32-18-11-7-16(24)8-12-18;/h5-12H,1-4,13-14H2,(H5,25,27,29,31,33)(H5,26,28,30,32,34);1H. The van der Waals surface area contributed by atoms with Crippen molar-refractivity contribution < 1.29 is 4.70 Å². The summed E-state index contributed by atoms with van der Waals surface area (Å²) in [6.45, 7) is 1.12. The molecule has 0 amide bonds. The molecule has 0 aliphatic rings. The summed E-state index contributed by atoms with van der Waals surface area (Å²) in [6.07, 6.45) is 3.68. The van der Waals surface area contributed by atoms with Crippen molar-refractivity contribution in [3.8, 4) is 0 Å². The van der Waals surface area contributed by atoms with E-state index < -0.39 is 0 Å². The molecule has 35 heavy (non-hydrogen) atoms. The van der Waals surface area contributed by atoms with Crippen molar-refractivity contribution in [1.29, 1.82) is 0 Å². The van der Waals surface area contributed by atoms with Gasteiger partial charge >= 0.3 is 0 Å². The fraction of sp³-hybridized carbons (Fsp3) is 0.273. The highest BCUT2D eigenvalue weighted by Crippen LogP contribution is 2.13. The fourth-order valence-corrected chi connectivity index (χ4v) is 2.95. The Morgan fingerprint density at radius 1 is 0.600 bits per heavy atom. The Morgan fingerprint density at radius 2 is 0.943 bits per heavy atom. The highest BCUT2D eigenvalue weighted by molar-refractivity contribution is 6.31. The molecule has 0 aliphatic carbocycles. The van der Waals surface area contributed by atoms with Crippen LogP contribution in [0, 0.1) is 0 Å². The van der Waals surface area contributed by atoms with E-state index in [0.29, 0.717) is 23.1 Å². The highest BCUT2D eigenvalue weighted by atomic mass is 35.5. The van der Waals surface area contributed by atoms with Gasteiger partial charge in [-0.3, -0.25) is 14.7 Å². The van der Waals surface area contributed by atoms with E-state index in [1.54, 1.807) is 48.5 Å². The van der Waals surface area contributed by atoms with E-state index in [1.165, 1.54) is 0 Å². The lowest BCUT2D eigenvalue weighted by Crippen LogP contribution is -2.26. The van der Waals surface area contributed by atoms with Gasteiger partial charge in [-0.1, -0.05) is 36.0 Å². The average molecular weight is 525 g/mol. The van der Waals surface area contributed by atoms with Crippen molar-refractivity contribution in [3.05, 3.63) is 58.6 Å². The Labute approximate surface area is 214 Å². The zero-order chi connectivity index (χ0) is 24.8. The smallest absolute Gasteiger partial charge is 0.218 e. The second-order valence-electron chi connectivity index (χ2n) is 7.15. The van der Waals surface area contributed by atoms with Gasteiger partial charge in [-0.15, -0.1) is 0 Å². The minimum Gasteiger partial charge on any atom is -0.369 e. The summed E-state index contributed by atoms with van der Waals surface area (Å²) in [4.78, 5) is 16.5. The van der Waals surface area contributed by atoms with Crippen LogP contribution in [0.2, 0.25) is 10.0 Å². The number of hydrogen-bond donors (Lipinski definition) is 6. The molecule has 10 nitrogen and oxygen atoms in total. The lowest BCUT2D eigenvalue weighted by molar-refractivity contribution is 0.653. The molecular formula is C22H31Cl2FN10. The van der Waals surface area contributed by atoms with Crippen LogP contribution in [0.4, 0.5) is 16.1 Å². The summed E-state index contributed by atoms with van der Waals surface area (Å²) in [5.41, 5.74) is 24.8. The van der Waals surface area contributed by atoms with Crippen molar-refractivity contribution in [3.63, 3.8) is 0 Å². The lowest BCUT2D eigenvalue weighted by Gasteiger charge is -2.05. The number of benzene rings is 2. The molecule has 0 saturated heterocycles. The molecule has 0 radical (unpaired) electrons. The van der Waals surface area contributed by atoms with Gasteiger partial charge in [0.05, 0.1) is 0 Å². The molecule has 2 aromatic carbocycles. The average Bonchev–Trinajstić information content (AvgIpc) is 2.78. The first-order valence-electron chi connectivity index (χ1n) is 10.6. The van der Waals surface area contributed by atoms with Gasteiger partial charge in [0, 0.05) is 34.5 Å². The van der Waals surface area contributed by atoms with Crippen molar-refractivity contribution in [2.75, 3.05) is 23.7 Å². The number of halogens is 3. The van der Waals surface area contributed by atoms with E-state index in [4.69, 9.17) is 46.1 Å². The quantitative estimate of drug-likeness (QED) is 0.166. The summed E-state index contributed by atoms with van der Waals surface area (Å²) >= 11 is 11.7. The van der Waals surface area contributed by atoms with Crippen LogP contribution in [0.15, 0.2) is 68.5 Å². The number of aliphatic imine (C=N–C) groups is 4. The molecule has 0 saturated carbocycles. The predicted molar refractivity (Wildman–Crippen MR) is 147 cm³/mol. The first kappa shape index (κ1) is 29.5. The van der Waals surface area contributed by atoms with Crippen LogP contribution in [0.3, 0.4) is 0 Å². The Morgan fingerprint density at radius 3 is 1.29 bits per heavy atom. The molecule has 0 fully saturated rings. The Bertz CT molecular complexity index is 938. The van der Waals surface area contributed by atoms with E-state index >= 15 is 0 Å². The van der Waals surface area contributed by atoms with Crippen molar-refractivity contribution in [1.82, 2.24) is 0 Å². The maximum atomic E-state index is 5.85. The Kier molecular flexibility index (Phi) is 13.6. The van der Waals surface area contributed by atoms with Crippen LogP contribution in [0.1, 0.15) is 25.7 Å². The number of nitrogens with zero attached hydrogens (tertiary/aromatic N) is 4. The summed E-state index contributed by atoms with van der Waals surface area (Å²) in [7, 11) is 0. The van der Waals surface area contributed by atoms with Crippen LogP contribution in [0.25, 0.3) is 0 Å². The maximum absolute atomic E-state index is 5.85. The summed E-state index contributed by atoms with van der Waals surface area (Å²) in [6, 6.07) is 14.1. The number of hydrogen-bond acceptors (Lipinski definition) is 2. The van der Waals surface area contributed by atoms with Crippen LogP contribution >= 0.6 is 23.2 Å². The molecule has 0 atom stereocenters. The van der Waals surface area contributed by atoms with Gasteiger partial charge in [-0.25, -0.2) is 0 Å². The van der Waals surface area contributed by atoms with E-state index in [1.807, 2.05) is 0 Å². The molecule has 0 heterocycles. The minimum absolute atomic E-state index is 0. The van der Waals surface area contributed by atoms with E-state index in [0.717, 1.165) is 37.1 Å². The third-order valence-corrected chi connectivity index (χ3v) is 4.82. The summed E-state index contributed by atoms with van der Waals surface area (Å²) in [5.74, 6) is 0.564. The molecule has 2 rings (SSSR count). The molecule has 13 heteroatoms. The Balaban J connectivity index is 0.00000612. The second kappa shape index (κ2) is 16.1. The zero-order valence-corrected chi connectivity index (χ0v) is 20.6. The van der Waals surface area contributed by atoms with Gasteiger partial charge in [-0.2, -0.15) is 9.98 Å². The Hall–Kier alpha value is -3.57. The molecule has 0 aromatic heterocycles. The maximum Gasteiger partial charge on any atom is 0.218 e. The predicted octanol–water partition coefficient (Wildman–Crippen LogP) is 3.49. The first-order valence-corrected chi connectivity index (χ1v) is 11.4. The van der Waals surface area contributed by atoms with Gasteiger partial charge in [-0.05, 0) is 61.4 Å². The van der Waals surface area contributed by atoms with Crippen molar-refractivity contribution in [2.24, 2.45) is 42.9 Å². The SMILES string of the molecule is F.NC(=NCCCCCCN=C(N)N=C(N)Nc1ccc(Cl)cc1)N=C(N)Nc1ccc(Cl)cc1. The minimum atomic E-state index is 0. The van der Waals surface area contributed by atoms with Gasteiger partial charge in [0.15, 0.2) is 0 Å². The number of nitrogens with two attached hydrogens (primary N) is 4. The number of nitrogens with one attached hydrogen (secondary N) is 2. The van der Waals surface area contributed by atoms with E-state index in [-0.39, 0.29) is 28.5 Å². The molecule has 10 N–H and O–H groups in total. The van der Waals surface area contributed by atoms with Crippen molar-refractivity contribution >= 4 is 58.4 Å². The lowest BCUT2D eigenvalue weighted by atomic mass is 10.2. The van der Waals surface area contributed by atoms with Crippen LogP contribution in [0.5, 0.6) is 0 Å².